The summed E-state index contributed by atoms with van der Waals surface area (Å²) in [6, 6.07) is 0. The van der Waals surface area contributed by atoms with Crippen LogP contribution in [0.15, 0.2) is 23.8 Å². The van der Waals surface area contributed by atoms with Gasteiger partial charge in [-0.05, 0) is 49.7 Å². The van der Waals surface area contributed by atoms with Crippen LogP contribution in [0.1, 0.15) is 46.0 Å². The predicted molar refractivity (Wildman–Crippen MR) is 127 cm³/mol. The molecule has 11 heteroatoms. The largest absolute Gasteiger partial charge is 0.479 e. The van der Waals surface area contributed by atoms with Crippen molar-refractivity contribution < 1.29 is 54.2 Å². The lowest BCUT2D eigenvalue weighted by Gasteiger charge is -2.56. The van der Waals surface area contributed by atoms with Crippen molar-refractivity contribution >= 4 is 23.3 Å². The normalized spacial score (nSPS) is 48.1. The third kappa shape index (κ3) is 3.78. The highest BCUT2D eigenvalue weighted by atomic mass is 16.7. The Kier molecular flexibility index (Phi) is 6.56. The Bertz CT molecular complexity index is 1130. The summed E-state index contributed by atoms with van der Waals surface area (Å²) in [7, 11) is 0. The summed E-state index contributed by atoms with van der Waals surface area (Å²) in [4.78, 5) is 50.4. The molecule has 208 valence electrons. The smallest absolute Gasteiger partial charge is 0.335 e. The summed E-state index contributed by atoms with van der Waals surface area (Å²) in [5.41, 5.74) is -2.61. The Morgan fingerprint density at radius 3 is 2.50 bits per heavy atom. The summed E-state index contributed by atoms with van der Waals surface area (Å²) in [6.45, 7) is 2.97. The Balaban J connectivity index is 1.34. The number of carboxylic acid groups (broad SMARTS) is 1. The zero-order valence-corrected chi connectivity index (χ0v) is 21.3. The molecule has 0 aromatic carbocycles. The number of hydrogen-bond donors (Lipinski definition) is 5. The molecule has 3 unspecified atom stereocenters. The number of hydrogen-bond acceptors (Lipinski definition) is 10. The van der Waals surface area contributed by atoms with E-state index in [1.54, 1.807) is 13.0 Å². The SMILES string of the molecule is C[C@]12C=CC(=O)C=C1CCC1C2C(=O)C[C@@]2(C)C1CC[C@]2(O)C(=O)CO[C@@H]1O[C@H](C(=O)O)[C@@H](O)[C@H](O)[C@H]1O. The third-order valence-electron chi connectivity index (χ3n) is 10.1. The molecule has 5 rings (SSSR count). The van der Waals surface area contributed by atoms with E-state index in [9.17, 15) is 44.7 Å². The summed E-state index contributed by atoms with van der Waals surface area (Å²) >= 11 is 0. The molecular formula is C27H34O11. The molecule has 11 atom stereocenters. The monoisotopic (exact) mass is 534 g/mol. The molecule has 0 radical (unpaired) electrons. The van der Waals surface area contributed by atoms with Crippen LogP contribution in [0.5, 0.6) is 0 Å². The number of ether oxygens (including phenoxy) is 2. The van der Waals surface area contributed by atoms with E-state index < -0.39 is 65.5 Å². The minimum absolute atomic E-state index is 0.0275. The first-order valence-corrected chi connectivity index (χ1v) is 13.0. The molecule has 1 saturated heterocycles. The van der Waals surface area contributed by atoms with Crippen molar-refractivity contribution in [3.05, 3.63) is 23.8 Å². The van der Waals surface area contributed by atoms with Crippen LogP contribution in [0.4, 0.5) is 0 Å². The molecule has 11 nitrogen and oxygen atoms in total. The highest BCUT2D eigenvalue weighted by Gasteiger charge is 2.68. The van der Waals surface area contributed by atoms with E-state index in [2.05, 4.69) is 0 Å². The van der Waals surface area contributed by atoms with Gasteiger partial charge in [-0.25, -0.2) is 4.79 Å². The molecule has 0 spiro atoms. The predicted octanol–water partition coefficient (Wildman–Crippen LogP) is -0.318. The van der Waals surface area contributed by atoms with Gasteiger partial charge in [0.25, 0.3) is 0 Å². The Morgan fingerprint density at radius 1 is 1.11 bits per heavy atom. The topological polar surface area (TPSA) is 188 Å². The van der Waals surface area contributed by atoms with Crippen LogP contribution >= 0.6 is 0 Å². The van der Waals surface area contributed by atoms with Crippen molar-refractivity contribution in [2.75, 3.05) is 6.61 Å². The lowest BCUT2D eigenvalue weighted by atomic mass is 9.46. The van der Waals surface area contributed by atoms with E-state index >= 15 is 0 Å². The van der Waals surface area contributed by atoms with Gasteiger partial charge in [0.1, 0.15) is 36.3 Å². The molecule has 5 N–H and O–H groups in total. The number of rotatable bonds is 5. The molecule has 38 heavy (non-hydrogen) atoms. The molecular weight excluding hydrogens is 500 g/mol. The van der Waals surface area contributed by atoms with Crippen LogP contribution in [0.3, 0.4) is 0 Å². The second-order valence-electron chi connectivity index (χ2n) is 11.9. The Hall–Kier alpha value is -2.28. The summed E-state index contributed by atoms with van der Waals surface area (Å²) in [6.07, 6.45) is -2.36. The number of allylic oxidation sites excluding steroid dienone is 4. The molecule has 1 heterocycles. The van der Waals surface area contributed by atoms with E-state index in [1.807, 2.05) is 13.0 Å². The van der Waals surface area contributed by atoms with E-state index in [-0.39, 0.29) is 42.2 Å². The van der Waals surface area contributed by atoms with Crippen LogP contribution in [-0.2, 0) is 28.7 Å². The molecule has 5 aliphatic rings. The second-order valence-corrected chi connectivity index (χ2v) is 11.9. The first-order valence-electron chi connectivity index (χ1n) is 13.0. The van der Waals surface area contributed by atoms with E-state index in [0.717, 1.165) is 5.57 Å². The first kappa shape index (κ1) is 27.3. The van der Waals surface area contributed by atoms with Crippen LogP contribution < -0.4 is 0 Å². The van der Waals surface area contributed by atoms with E-state index in [1.165, 1.54) is 6.08 Å². The zero-order valence-electron chi connectivity index (χ0n) is 21.3. The van der Waals surface area contributed by atoms with Gasteiger partial charge < -0.3 is 35.0 Å². The molecule has 1 aliphatic heterocycles. The average Bonchev–Trinajstić information content (AvgIpc) is 3.13. The van der Waals surface area contributed by atoms with Crippen molar-refractivity contribution in [3.63, 3.8) is 0 Å². The Labute approximate surface area is 219 Å². The van der Waals surface area contributed by atoms with Crippen LogP contribution in [0.2, 0.25) is 0 Å². The molecule has 4 aliphatic carbocycles. The fourth-order valence-electron chi connectivity index (χ4n) is 7.96. The van der Waals surface area contributed by atoms with E-state index in [4.69, 9.17) is 9.47 Å². The van der Waals surface area contributed by atoms with Crippen molar-refractivity contribution in [1.29, 1.82) is 0 Å². The summed E-state index contributed by atoms with van der Waals surface area (Å²) in [5.74, 6) is -3.04. The number of carbonyl (C=O) groups excluding carboxylic acids is 3. The van der Waals surface area contributed by atoms with Gasteiger partial charge in [0, 0.05) is 23.2 Å². The molecule has 3 saturated carbocycles. The number of aliphatic hydroxyl groups is 4. The van der Waals surface area contributed by atoms with Gasteiger partial charge in [-0.15, -0.1) is 0 Å². The van der Waals surface area contributed by atoms with Crippen LogP contribution in [0.25, 0.3) is 0 Å². The van der Waals surface area contributed by atoms with Gasteiger partial charge in [-0.1, -0.05) is 25.5 Å². The van der Waals surface area contributed by atoms with Gasteiger partial charge in [0.15, 0.2) is 24.0 Å². The fourth-order valence-corrected chi connectivity index (χ4v) is 7.96. The average molecular weight is 535 g/mol. The number of aliphatic hydroxyl groups excluding tert-OH is 3. The second kappa shape index (κ2) is 9.14. The van der Waals surface area contributed by atoms with Crippen molar-refractivity contribution in [2.24, 2.45) is 28.6 Å². The standard InChI is InChI=1S/C27H34O11/c1-25-7-5-13(28)9-12(25)3-4-14-15-6-8-27(36,26(15,2)10-16(29)18(14)25)17(30)11-37-24-21(33)19(31)20(32)22(38-24)23(34)35/h5,7,9,14-15,18-22,24,31-33,36H,3-4,6,8,10-11H2,1-2H3,(H,34,35)/t14?,15?,18?,19-,20-,21+,22-,24+,25-,26-,27-/m0/s1. The maximum atomic E-state index is 13.7. The molecule has 0 aromatic rings. The highest BCUT2D eigenvalue weighted by Crippen LogP contribution is 2.66. The lowest BCUT2D eigenvalue weighted by Crippen LogP contribution is -2.62. The van der Waals surface area contributed by atoms with Gasteiger partial charge in [0.05, 0.1) is 0 Å². The Morgan fingerprint density at radius 2 is 1.82 bits per heavy atom. The van der Waals surface area contributed by atoms with Gasteiger partial charge >= 0.3 is 5.97 Å². The minimum atomic E-state index is -1.91. The zero-order chi connectivity index (χ0) is 27.8. The number of fused-ring (bicyclic) bond motifs is 5. The van der Waals surface area contributed by atoms with Crippen LogP contribution in [-0.4, -0.2) is 91.8 Å². The van der Waals surface area contributed by atoms with Gasteiger partial charge in [-0.3, -0.25) is 14.4 Å². The van der Waals surface area contributed by atoms with E-state index in [0.29, 0.717) is 19.3 Å². The van der Waals surface area contributed by atoms with Crippen LogP contribution in [0, 0.1) is 28.6 Å². The minimum Gasteiger partial charge on any atom is -0.479 e. The third-order valence-corrected chi connectivity index (χ3v) is 10.1. The highest BCUT2D eigenvalue weighted by molar-refractivity contribution is 6.02. The lowest BCUT2D eigenvalue weighted by molar-refractivity contribution is -0.293. The quantitative estimate of drug-likeness (QED) is 0.311. The number of aliphatic carboxylic acids is 1. The molecule has 0 aromatic heterocycles. The first-order chi connectivity index (χ1) is 17.7. The summed E-state index contributed by atoms with van der Waals surface area (Å²) in [5, 5.41) is 51.0. The maximum absolute atomic E-state index is 13.7. The maximum Gasteiger partial charge on any atom is 0.335 e. The summed E-state index contributed by atoms with van der Waals surface area (Å²) < 4.78 is 10.4. The van der Waals surface area contributed by atoms with Crippen molar-refractivity contribution in [1.82, 2.24) is 0 Å². The van der Waals surface area contributed by atoms with Gasteiger partial charge in [-0.2, -0.15) is 0 Å². The van der Waals surface area contributed by atoms with Crippen molar-refractivity contribution in [2.45, 2.75) is 82.3 Å². The molecule has 0 bridgehead atoms. The number of carbonyl (C=O) groups is 4. The molecule has 4 fully saturated rings. The van der Waals surface area contributed by atoms with Crippen molar-refractivity contribution in [3.8, 4) is 0 Å². The molecule has 0 amide bonds. The van der Waals surface area contributed by atoms with Gasteiger partial charge in [0.2, 0.25) is 0 Å². The fraction of sp³-hybridized carbons (Fsp3) is 0.704. The number of ketones is 3. The number of Topliss-reactive ketones (excluding diaryl/α,β-unsaturated/α-hetero) is 2. The number of carboxylic acids is 1.